The number of carbonyl (C=O) groups excluding carboxylic acids is 1. The molecule has 2 aliphatic rings. The number of nitrogens with zero attached hydrogens (tertiary/aromatic N) is 5. The van der Waals surface area contributed by atoms with Gasteiger partial charge in [-0.1, -0.05) is 0 Å². The van der Waals surface area contributed by atoms with E-state index in [9.17, 15) is 9.18 Å². The average molecular weight is 519 g/mol. The van der Waals surface area contributed by atoms with Gasteiger partial charge in [0.15, 0.2) is 0 Å². The van der Waals surface area contributed by atoms with Crippen LogP contribution in [0.3, 0.4) is 0 Å². The zero-order chi connectivity index (χ0) is 25.9. The van der Waals surface area contributed by atoms with Crippen molar-refractivity contribution in [3.63, 3.8) is 0 Å². The minimum Gasteiger partial charge on any atom is -0.474 e. The van der Waals surface area contributed by atoms with E-state index < -0.39 is 5.54 Å². The number of rotatable bonds is 6. The summed E-state index contributed by atoms with van der Waals surface area (Å²) in [5.74, 6) is 0.658. The van der Waals surface area contributed by atoms with Crippen molar-refractivity contribution in [2.24, 2.45) is 24.6 Å². The van der Waals surface area contributed by atoms with Crippen LogP contribution in [0.4, 0.5) is 4.39 Å². The first-order valence-corrected chi connectivity index (χ1v) is 13.1. The first kappa shape index (κ1) is 23.7. The number of thiazole rings is 1. The van der Waals surface area contributed by atoms with Crippen molar-refractivity contribution in [3.05, 3.63) is 70.4 Å². The number of halogens is 1. The summed E-state index contributed by atoms with van der Waals surface area (Å²) in [4.78, 5) is 24.1. The van der Waals surface area contributed by atoms with Crippen LogP contribution in [-0.4, -0.2) is 49.7 Å². The van der Waals surface area contributed by atoms with Crippen LogP contribution < -0.4 is 10.5 Å². The molecule has 3 aromatic heterocycles. The Morgan fingerprint density at radius 1 is 1.11 bits per heavy atom. The monoisotopic (exact) mass is 518 g/mol. The number of aromatic nitrogens is 4. The van der Waals surface area contributed by atoms with Crippen LogP contribution in [0, 0.1) is 17.7 Å². The minimum atomic E-state index is -0.598. The molecule has 1 aromatic carbocycles. The third-order valence-corrected chi connectivity index (χ3v) is 7.73. The van der Waals surface area contributed by atoms with Crippen LogP contribution in [0.5, 0.6) is 5.88 Å². The third kappa shape index (κ3) is 4.51. The quantitative estimate of drug-likeness (QED) is 0.413. The fraction of sp³-hybridized carbons (Fsp3) is 0.333. The van der Waals surface area contributed by atoms with E-state index in [2.05, 4.69) is 10.1 Å². The van der Waals surface area contributed by atoms with Gasteiger partial charge >= 0.3 is 0 Å². The Morgan fingerprint density at radius 2 is 1.84 bits per heavy atom. The molecule has 1 aliphatic carbocycles. The highest BCUT2D eigenvalue weighted by atomic mass is 32.1. The lowest BCUT2D eigenvalue weighted by Crippen LogP contribution is -2.34. The van der Waals surface area contributed by atoms with E-state index in [1.807, 2.05) is 36.3 Å². The highest BCUT2D eigenvalue weighted by molar-refractivity contribution is 7.07. The minimum absolute atomic E-state index is 0.00846. The fourth-order valence-corrected chi connectivity index (χ4v) is 5.50. The second-order valence-electron chi connectivity index (χ2n) is 10.3. The predicted molar refractivity (Wildman–Crippen MR) is 138 cm³/mol. The van der Waals surface area contributed by atoms with E-state index in [1.165, 1.54) is 23.5 Å². The molecule has 2 unspecified atom stereocenters. The van der Waals surface area contributed by atoms with E-state index in [4.69, 9.17) is 15.5 Å². The number of piperidine rings is 1. The topological polar surface area (TPSA) is 99.2 Å². The molecule has 1 amide bonds. The molecule has 37 heavy (non-hydrogen) atoms. The lowest BCUT2D eigenvalue weighted by atomic mass is 9.95. The number of amides is 1. The van der Waals surface area contributed by atoms with Gasteiger partial charge in [0.2, 0.25) is 5.88 Å². The van der Waals surface area contributed by atoms with Gasteiger partial charge in [0.1, 0.15) is 29.0 Å². The van der Waals surface area contributed by atoms with E-state index in [1.54, 1.807) is 35.4 Å². The number of aryl methyl sites for hydroxylation is 1. The lowest BCUT2D eigenvalue weighted by molar-refractivity contribution is 0.0740. The van der Waals surface area contributed by atoms with E-state index in [-0.39, 0.29) is 29.7 Å². The smallest absolute Gasteiger partial charge is 0.272 e. The van der Waals surface area contributed by atoms with Crippen molar-refractivity contribution in [1.29, 1.82) is 0 Å². The summed E-state index contributed by atoms with van der Waals surface area (Å²) in [6, 6.07) is 11.8. The molecular formula is C27H27FN6O2S. The summed E-state index contributed by atoms with van der Waals surface area (Å²) in [5.41, 5.74) is 11.9. The molecule has 2 fully saturated rings. The molecule has 2 atom stereocenters. The van der Waals surface area contributed by atoms with Gasteiger partial charge in [-0.3, -0.25) is 9.48 Å². The fourth-order valence-electron chi connectivity index (χ4n) is 4.95. The van der Waals surface area contributed by atoms with Crippen LogP contribution in [0.15, 0.2) is 53.4 Å². The van der Waals surface area contributed by atoms with Gasteiger partial charge in [-0.05, 0) is 55.8 Å². The largest absolute Gasteiger partial charge is 0.474 e. The first-order chi connectivity index (χ1) is 17.7. The zero-order valence-electron chi connectivity index (χ0n) is 20.8. The number of benzene rings is 1. The highest BCUT2D eigenvalue weighted by Gasteiger charge is 2.59. The Bertz CT molecular complexity index is 1450. The van der Waals surface area contributed by atoms with Crippen LogP contribution in [0.1, 0.15) is 29.9 Å². The predicted octanol–water partition coefficient (Wildman–Crippen LogP) is 4.09. The van der Waals surface area contributed by atoms with Crippen molar-refractivity contribution in [2.45, 2.75) is 25.5 Å². The maximum absolute atomic E-state index is 13.4. The van der Waals surface area contributed by atoms with Crippen molar-refractivity contribution in [1.82, 2.24) is 24.6 Å². The maximum Gasteiger partial charge on any atom is 0.272 e. The Morgan fingerprint density at radius 3 is 2.49 bits per heavy atom. The number of pyridine rings is 1. The Labute approximate surface area is 217 Å². The van der Waals surface area contributed by atoms with E-state index >= 15 is 0 Å². The molecule has 2 N–H and O–H groups in total. The molecule has 190 valence electrons. The molecular weight excluding hydrogens is 491 g/mol. The molecule has 4 heterocycles. The molecule has 8 nitrogen and oxygen atoms in total. The highest BCUT2D eigenvalue weighted by Crippen LogP contribution is 2.48. The molecule has 10 heteroatoms. The summed E-state index contributed by atoms with van der Waals surface area (Å²) in [6.07, 6.45) is -0.00846. The van der Waals surface area contributed by atoms with Crippen molar-refractivity contribution >= 4 is 17.2 Å². The number of likely N-dealkylation sites (tertiary alicyclic amines) is 1. The third-order valence-electron chi connectivity index (χ3n) is 7.14. The summed E-state index contributed by atoms with van der Waals surface area (Å²) in [7, 11) is 1.78. The second-order valence-corrected chi connectivity index (χ2v) is 11.1. The number of hydrogen-bond acceptors (Lipinski definition) is 7. The van der Waals surface area contributed by atoms with E-state index in [0.717, 1.165) is 16.8 Å². The van der Waals surface area contributed by atoms with Gasteiger partial charge in [0, 0.05) is 54.5 Å². The summed E-state index contributed by atoms with van der Waals surface area (Å²) in [6.45, 7) is 5.10. The molecule has 0 spiro atoms. The van der Waals surface area contributed by atoms with Crippen LogP contribution in [0.25, 0.3) is 22.6 Å². The van der Waals surface area contributed by atoms with Gasteiger partial charge in [-0.25, -0.2) is 14.4 Å². The maximum atomic E-state index is 13.4. The van der Waals surface area contributed by atoms with Gasteiger partial charge < -0.3 is 15.4 Å². The van der Waals surface area contributed by atoms with Gasteiger partial charge in [-0.15, -0.1) is 11.3 Å². The van der Waals surface area contributed by atoms with Gasteiger partial charge in [0.25, 0.3) is 5.91 Å². The van der Waals surface area contributed by atoms with Crippen LogP contribution in [-0.2, 0) is 12.6 Å². The Kier molecular flexibility index (Phi) is 5.61. The van der Waals surface area contributed by atoms with Crippen molar-refractivity contribution in [3.8, 4) is 28.5 Å². The molecule has 1 saturated carbocycles. The number of ether oxygens (including phenoxy) is 1. The van der Waals surface area contributed by atoms with E-state index in [0.29, 0.717) is 36.1 Å². The average Bonchev–Trinajstić information content (AvgIpc) is 3.36. The number of carbonyl (C=O) groups is 1. The molecule has 0 radical (unpaired) electrons. The second kappa shape index (κ2) is 8.74. The molecule has 6 rings (SSSR count). The van der Waals surface area contributed by atoms with Crippen LogP contribution >= 0.6 is 11.3 Å². The molecule has 1 aliphatic heterocycles. The summed E-state index contributed by atoms with van der Waals surface area (Å²) < 4.78 is 21.4. The number of fused-ring (bicyclic) bond motifs is 1. The Hall–Kier alpha value is -3.63. The van der Waals surface area contributed by atoms with Crippen LogP contribution in [0.2, 0.25) is 0 Å². The summed E-state index contributed by atoms with van der Waals surface area (Å²) in [5, 5.41) is 6.38. The van der Waals surface area contributed by atoms with Gasteiger partial charge in [-0.2, -0.15) is 5.10 Å². The summed E-state index contributed by atoms with van der Waals surface area (Å²) >= 11 is 1.50. The number of nitrogens with two attached hydrogens (primary N) is 1. The first-order valence-electron chi connectivity index (χ1n) is 12.1. The molecule has 4 aromatic rings. The van der Waals surface area contributed by atoms with Crippen molar-refractivity contribution in [2.75, 3.05) is 13.1 Å². The normalized spacial score (nSPS) is 20.7. The number of hydrogen-bond donors (Lipinski definition) is 1. The lowest BCUT2D eigenvalue weighted by Gasteiger charge is -2.22. The van der Waals surface area contributed by atoms with Crippen molar-refractivity contribution < 1.29 is 13.9 Å². The zero-order valence-corrected chi connectivity index (χ0v) is 21.6. The SMILES string of the molecule is Cn1nc(-c2cscn2)cc1C(=O)N1CC2C(C1)C2Oc1cc(C(C)(C)N)cc(-c2ccc(F)cc2)n1. The molecule has 1 saturated heterocycles. The van der Waals surface area contributed by atoms with Gasteiger partial charge in [0.05, 0.1) is 11.2 Å². The molecule has 0 bridgehead atoms. The Balaban J connectivity index is 1.16. The standard InChI is InChI=1S/C27H27FN6O2S/c1-27(2,29)16-8-20(15-4-6-17(28)7-5-15)31-24(9-16)36-25-18-11-34(12-19(18)25)26(35)23-10-21(32-33(23)3)22-13-37-14-30-22/h4-10,13-14,18-19,25H,11-12,29H2,1-3H3.